The molecule has 9 nitrogen and oxygen atoms in total. The lowest BCUT2D eigenvalue weighted by atomic mass is 9.97. The number of nitro groups is 1. The van der Waals surface area contributed by atoms with Gasteiger partial charge in [0, 0.05) is 49.8 Å². The molecule has 0 bridgehead atoms. The topological polar surface area (TPSA) is 117 Å². The molecule has 2 amide bonds. The first-order chi connectivity index (χ1) is 16.0. The van der Waals surface area contributed by atoms with Crippen LogP contribution in [0.3, 0.4) is 0 Å². The number of carbonyl (C=O) groups excluding carboxylic acids is 2. The Hall–Kier alpha value is -4.11. The third kappa shape index (κ3) is 5.39. The van der Waals surface area contributed by atoms with Crippen molar-refractivity contribution in [2.45, 2.75) is 19.0 Å². The van der Waals surface area contributed by atoms with Gasteiger partial charge >= 0.3 is 11.8 Å². The molecule has 2 N–H and O–H groups in total. The van der Waals surface area contributed by atoms with Gasteiger partial charge in [-0.15, -0.1) is 0 Å². The van der Waals surface area contributed by atoms with Crippen LogP contribution in [0.15, 0.2) is 73.1 Å². The van der Waals surface area contributed by atoms with Crippen LogP contribution in [-0.4, -0.2) is 39.7 Å². The Labute approximate surface area is 190 Å². The summed E-state index contributed by atoms with van der Waals surface area (Å²) in [6, 6.07) is 17.4. The zero-order chi connectivity index (χ0) is 23.2. The number of nitrogens with one attached hydrogen (secondary N) is 2. The molecule has 0 radical (unpaired) electrons. The Morgan fingerprint density at radius 1 is 1.06 bits per heavy atom. The Balaban J connectivity index is 1.44. The van der Waals surface area contributed by atoms with Crippen LogP contribution < -0.4 is 10.6 Å². The molecule has 1 aliphatic heterocycles. The summed E-state index contributed by atoms with van der Waals surface area (Å²) in [4.78, 5) is 41.7. The molecular weight excluding hydrogens is 422 g/mol. The molecule has 9 heteroatoms. The average molecular weight is 445 g/mol. The highest BCUT2D eigenvalue weighted by Gasteiger charge is 2.26. The minimum absolute atomic E-state index is 0.165. The standard InChI is InChI=1S/C24H23N5O4/c30-23(24(31)27-20-8-3-9-21(13-20)29(32)33)26-15-22(18-7-4-11-25-14-18)28-12-10-17-5-1-2-6-19(17)16-28/h1-9,11,13-14,22H,10,12,15-16H2,(H,26,30)(H,27,31). The van der Waals surface area contributed by atoms with Crippen LogP contribution in [-0.2, 0) is 22.6 Å². The number of carbonyl (C=O) groups is 2. The third-order valence-corrected chi connectivity index (χ3v) is 5.65. The van der Waals surface area contributed by atoms with Crippen molar-refractivity contribution in [1.29, 1.82) is 0 Å². The monoisotopic (exact) mass is 445 g/mol. The van der Waals surface area contributed by atoms with Gasteiger partial charge in [0.05, 0.1) is 11.0 Å². The molecule has 0 fully saturated rings. The highest BCUT2D eigenvalue weighted by molar-refractivity contribution is 6.39. The van der Waals surface area contributed by atoms with E-state index in [4.69, 9.17) is 0 Å². The fourth-order valence-corrected chi connectivity index (χ4v) is 3.97. The largest absolute Gasteiger partial charge is 0.346 e. The molecule has 2 heterocycles. The number of anilines is 1. The normalized spacial score (nSPS) is 14.1. The van der Waals surface area contributed by atoms with Crippen molar-refractivity contribution < 1.29 is 14.5 Å². The van der Waals surface area contributed by atoms with Crippen molar-refractivity contribution in [2.24, 2.45) is 0 Å². The van der Waals surface area contributed by atoms with E-state index in [-0.39, 0.29) is 24.0 Å². The summed E-state index contributed by atoms with van der Waals surface area (Å²) in [5.41, 5.74) is 3.51. The second-order valence-electron chi connectivity index (χ2n) is 7.76. The average Bonchev–Trinajstić information content (AvgIpc) is 2.84. The quantitative estimate of drug-likeness (QED) is 0.342. The molecule has 1 aromatic heterocycles. The molecule has 0 saturated heterocycles. The van der Waals surface area contributed by atoms with Gasteiger partial charge in [0.25, 0.3) is 5.69 Å². The fraction of sp³-hybridized carbons (Fsp3) is 0.208. The Bertz CT molecular complexity index is 1170. The van der Waals surface area contributed by atoms with Crippen LogP contribution in [0.5, 0.6) is 0 Å². The molecule has 1 atom stereocenters. The van der Waals surface area contributed by atoms with Crippen molar-refractivity contribution in [3.8, 4) is 0 Å². The predicted molar refractivity (Wildman–Crippen MR) is 122 cm³/mol. The van der Waals surface area contributed by atoms with E-state index in [0.717, 1.165) is 25.1 Å². The first kappa shape index (κ1) is 22.1. The van der Waals surface area contributed by atoms with Gasteiger partial charge in [-0.25, -0.2) is 0 Å². The molecule has 0 spiro atoms. The molecular formula is C24H23N5O4. The summed E-state index contributed by atoms with van der Waals surface area (Å²) in [6.45, 7) is 1.76. The number of hydrogen-bond donors (Lipinski definition) is 2. The maximum Gasteiger partial charge on any atom is 0.313 e. The molecule has 4 rings (SSSR count). The molecule has 33 heavy (non-hydrogen) atoms. The van der Waals surface area contributed by atoms with E-state index in [2.05, 4.69) is 32.7 Å². The van der Waals surface area contributed by atoms with Gasteiger partial charge in [-0.2, -0.15) is 0 Å². The lowest BCUT2D eigenvalue weighted by Gasteiger charge is -2.35. The second-order valence-corrected chi connectivity index (χ2v) is 7.76. The maximum atomic E-state index is 12.5. The van der Waals surface area contributed by atoms with Crippen molar-refractivity contribution >= 4 is 23.2 Å². The Kier molecular flexibility index (Phi) is 6.70. The number of non-ortho nitro benzene ring substituents is 1. The van der Waals surface area contributed by atoms with Gasteiger partial charge in [-0.05, 0) is 35.2 Å². The van der Waals surface area contributed by atoms with Gasteiger partial charge in [0.2, 0.25) is 0 Å². The van der Waals surface area contributed by atoms with E-state index in [1.165, 1.54) is 35.4 Å². The number of benzene rings is 2. The number of rotatable bonds is 6. The smallest absolute Gasteiger partial charge is 0.313 e. The van der Waals surface area contributed by atoms with E-state index in [0.29, 0.717) is 0 Å². The summed E-state index contributed by atoms with van der Waals surface area (Å²) in [5.74, 6) is -1.70. The molecule has 1 aliphatic rings. The van der Waals surface area contributed by atoms with E-state index in [1.54, 1.807) is 12.4 Å². The second kappa shape index (κ2) is 10.0. The SMILES string of the molecule is O=C(NCC(c1cccnc1)N1CCc2ccccc2C1)C(=O)Nc1cccc([N+](=O)[O-])c1. The van der Waals surface area contributed by atoms with Crippen LogP contribution in [0.2, 0.25) is 0 Å². The van der Waals surface area contributed by atoms with E-state index in [9.17, 15) is 19.7 Å². The summed E-state index contributed by atoms with van der Waals surface area (Å²) >= 11 is 0. The minimum atomic E-state index is -0.885. The Morgan fingerprint density at radius 3 is 2.64 bits per heavy atom. The number of nitro benzene ring substituents is 1. The van der Waals surface area contributed by atoms with Crippen molar-refractivity contribution in [3.63, 3.8) is 0 Å². The van der Waals surface area contributed by atoms with Crippen molar-refractivity contribution in [1.82, 2.24) is 15.2 Å². The van der Waals surface area contributed by atoms with Crippen LogP contribution in [0.25, 0.3) is 0 Å². The molecule has 168 valence electrons. The molecule has 0 aliphatic carbocycles. The number of nitrogens with zero attached hydrogens (tertiary/aromatic N) is 3. The number of amides is 2. The van der Waals surface area contributed by atoms with Crippen LogP contribution in [0.1, 0.15) is 22.7 Å². The fourth-order valence-electron chi connectivity index (χ4n) is 3.97. The van der Waals surface area contributed by atoms with E-state index >= 15 is 0 Å². The summed E-state index contributed by atoms with van der Waals surface area (Å²) < 4.78 is 0. The molecule has 3 aromatic rings. The highest BCUT2D eigenvalue weighted by Crippen LogP contribution is 2.27. The Morgan fingerprint density at radius 2 is 1.88 bits per heavy atom. The summed E-state index contributed by atoms with van der Waals surface area (Å²) in [5, 5.41) is 16.0. The zero-order valence-corrected chi connectivity index (χ0v) is 17.8. The summed E-state index contributed by atoms with van der Waals surface area (Å²) in [6.07, 6.45) is 4.35. The van der Waals surface area contributed by atoms with Crippen molar-refractivity contribution in [2.75, 3.05) is 18.4 Å². The van der Waals surface area contributed by atoms with Gasteiger partial charge in [-0.1, -0.05) is 36.4 Å². The first-order valence-corrected chi connectivity index (χ1v) is 10.6. The highest BCUT2D eigenvalue weighted by atomic mass is 16.6. The summed E-state index contributed by atoms with van der Waals surface area (Å²) in [7, 11) is 0. The van der Waals surface area contributed by atoms with Gasteiger partial charge in [0.15, 0.2) is 0 Å². The van der Waals surface area contributed by atoms with Gasteiger partial charge in [0.1, 0.15) is 0 Å². The van der Waals surface area contributed by atoms with Gasteiger partial charge < -0.3 is 10.6 Å². The predicted octanol–water partition coefficient (Wildman–Crippen LogP) is 2.84. The number of pyridine rings is 1. The first-order valence-electron chi connectivity index (χ1n) is 10.6. The number of aromatic nitrogens is 1. The van der Waals surface area contributed by atoms with Gasteiger partial charge in [-0.3, -0.25) is 29.6 Å². The minimum Gasteiger partial charge on any atom is -0.346 e. The lowest BCUT2D eigenvalue weighted by Crippen LogP contribution is -2.43. The maximum absolute atomic E-state index is 12.5. The molecule has 1 unspecified atom stereocenters. The van der Waals surface area contributed by atoms with E-state index in [1.807, 2.05) is 24.3 Å². The molecule has 0 saturated carbocycles. The van der Waals surface area contributed by atoms with Crippen molar-refractivity contribution in [3.05, 3.63) is 99.9 Å². The number of fused-ring (bicyclic) bond motifs is 1. The lowest BCUT2D eigenvalue weighted by molar-refractivity contribution is -0.384. The molecule has 2 aromatic carbocycles. The van der Waals surface area contributed by atoms with Crippen LogP contribution in [0.4, 0.5) is 11.4 Å². The van der Waals surface area contributed by atoms with E-state index < -0.39 is 16.7 Å². The third-order valence-electron chi connectivity index (χ3n) is 5.65. The van der Waals surface area contributed by atoms with Crippen LogP contribution >= 0.6 is 0 Å². The van der Waals surface area contributed by atoms with Crippen LogP contribution in [0, 0.1) is 10.1 Å². The zero-order valence-electron chi connectivity index (χ0n) is 17.8. The number of hydrogen-bond acceptors (Lipinski definition) is 6.